The Labute approximate surface area is 88.9 Å². The summed E-state index contributed by atoms with van der Waals surface area (Å²) in [5.41, 5.74) is 0. The highest BCUT2D eigenvalue weighted by molar-refractivity contribution is 4.77. The van der Waals surface area contributed by atoms with Gasteiger partial charge in [0.15, 0.2) is 0 Å². The molecule has 0 heterocycles. The van der Waals surface area contributed by atoms with Crippen LogP contribution in [0.5, 0.6) is 0 Å². The zero-order valence-corrected chi connectivity index (χ0v) is 9.84. The van der Waals surface area contributed by atoms with Crippen LogP contribution in [0.2, 0.25) is 0 Å². The summed E-state index contributed by atoms with van der Waals surface area (Å²) < 4.78 is 0. The van der Waals surface area contributed by atoms with Gasteiger partial charge in [0.1, 0.15) is 0 Å². The third-order valence-corrected chi connectivity index (χ3v) is 3.45. The second kappa shape index (κ2) is 6.44. The van der Waals surface area contributed by atoms with E-state index in [9.17, 15) is 5.11 Å². The molecule has 1 heteroatoms. The molecule has 0 saturated heterocycles. The summed E-state index contributed by atoms with van der Waals surface area (Å²) >= 11 is 0. The molecule has 0 aromatic heterocycles. The van der Waals surface area contributed by atoms with Gasteiger partial charge in [-0.2, -0.15) is 0 Å². The van der Waals surface area contributed by atoms with Gasteiger partial charge in [-0.05, 0) is 24.7 Å². The molecule has 2 unspecified atom stereocenters. The predicted molar refractivity (Wildman–Crippen MR) is 61.3 cm³/mol. The second-order valence-electron chi connectivity index (χ2n) is 4.99. The Morgan fingerprint density at radius 1 is 1.29 bits per heavy atom. The maximum atomic E-state index is 9.86. The lowest BCUT2D eigenvalue weighted by atomic mass is 9.91. The lowest BCUT2D eigenvalue weighted by molar-refractivity contribution is 0.123. The first-order chi connectivity index (χ1) is 6.76. The van der Waals surface area contributed by atoms with Crippen molar-refractivity contribution in [1.82, 2.24) is 0 Å². The number of hydrogen-bond donors (Lipinski definition) is 1. The Morgan fingerprint density at radius 3 is 2.50 bits per heavy atom. The molecule has 0 aromatic carbocycles. The molecule has 14 heavy (non-hydrogen) atoms. The van der Waals surface area contributed by atoms with Crippen molar-refractivity contribution >= 4 is 0 Å². The number of rotatable bonds is 8. The quantitative estimate of drug-likeness (QED) is 0.629. The van der Waals surface area contributed by atoms with Crippen LogP contribution in [-0.4, -0.2) is 11.2 Å². The van der Waals surface area contributed by atoms with Crippen molar-refractivity contribution in [2.75, 3.05) is 0 Å². The number of hydrogen-bond acceptors (Lipinski definition) is 1. The maximum absolute atomic E-state index is 9.86. The van der Waals surface area contributed by atoms with Gasteiger partial charge in [0.2, 0.25) is 0 Å². The minimum Gasteiger partial charge on any atom is -0.393 e. The highest BCUT2D eigenvalue weighted by atomic mass is 16.3. The third kappa shape index (κ3) is 4.99. The molecule has 0 spiro atoms. The molecule has 1 rings (SSSR count). The van der Waals surface area contributed by atoms with Gasteiger partial charge in [0, 0.05) is 0 Å². The van der Waals surface area contributed by atoms with Gasteiger partial charge >= 0.3 is 0 Å². The molecule has 0 bridgehead atoms. The zero-order chi connectivity index (χ0) is 10.4. The van der Waals surface area contributed by atoms with Crippen LogP contribution in [0, 0.1) is 11.8 Å². The topological polar surface area (TPSA) is 20.2 Å². The first-order valence-electron chi connectivity index (χ1n) is 6.44. The SMILES string of the molecule is CCCCC(CC)CC(O)CC1CC1. The molecule has 1 N–H and O–H groups in total. The summed E-state index contributed by atoms with van der Waals surface area (Å²) in [6.45, 7) is 4.50. The first kappa shape index (κ1) is 12.0. The van der Waals surface area contributed by atoms with E-state index in [0.29, 0.717) is 0 Å². The van der Waals surface area contributed by atoms with Crippen LogP contribution in [0.3, 0.4) is 0 Å². The smallest absolute Gasteiger partial charge is 0.0545 e. The minimum absolute atomic E-state index is 0.00990. The minimum atomic E-state index is -0.00990. The monoisotopic (exact) mass is 198 g/mol. The van der Waals surface area contributed by atoms with Gasteiger partial charge in [-0.25, -0.2) is 0 Å². The molecule has 0 aromatic rings. The van der Waals surface area contributed by atoms with Crippen molar-refractivity contribution in [2.45, 2.75) is 71.3 Å². The van der Waals surface area contributed by atoms with Gasteiger partial charge in [-0.15, -0.1) is 0 Å². The molecular formula is C13H26O. The molecule has 1 nitrogen and oxygen atoms in total. The van der Waals surface area contributed by atoms with Crippen molar-refractivity contribution in [1.29, 1.82) is 0 Å². The van der Waals surface area contributed by atoms with Crippen LogP contribution in [0.1, 0.15) is 65.2 Å². The van der Waals surface area contributed by atoms with Crippen molar-refractivity contribution in [3.05, 3.63) is 0 Å². The van der Waals surface area contributed by atoms with Crippen LogP contribution in [0.4, 0.5) is 0 Å². The van der Waals surface area contributed by atoms with E-state index in [1.54, 1.807) is 0 Å². The van der Waals surface area contributed by atoms with Gasteiger partial charge in [0.25, 0.3) is 0 Å². The van der Waals surface area contributed by atoms with E-state index in [1.807, 2.05) is 0 Å². The van der Waals surface area contributed by atoms with Crippen LogP contribution in [0.15, 0.2) is 0 Å². The molecule has 0 aliphatic heterocycles. The van der Waals surface area contributed by atoms with Crippen molar-refractivity contribution < 1.29 is 5.11 Å². The second-order valence-corrected chi connectivity index (χ2v) is 4.99. The van der Waals surface area contributed by atoms with Crippen molar-refractivity contribution in [3.8, 4) is 0 Å². The van der Waals surface area contributed by atoms with Crippen molar-refractivity contribution in [2.24, 2.45) is 11.8 Å². The summed E-state index contributed by atoms with van der Waals surface area (Å²) in [4.78, 5) is 0. The highest BCUT2D eigenvalue weighted by Crippen LogP contribution is 2.35. The fraction of sp³-hybridized carbons (Fsp3) is 1.00. The molecule has 1 fully saturated rings. The largest absolute Gasteiger partial charge is 0.393 e. The molecule has 0 amide bonds. The van der Waals surface area contributed by atoms with Gasteiger partial charge in [0.05, 0.1) is 6.10 Å². The summed E-state index contributed by atoms with van der Waals surface area (Å²) in [5, 5.41) is 9.86. The highest BCUT2D eigenvalue weighted by Gasteiger charge is 2.25. The van der Waals surface area contributed by atoms with Crippen LogP contribution < -0.4 is 0 Å². The third-order valence-electron chi connectivity index (χ3n) is 3.45. The summed E-state index contributed by atoms with van der Waals surface area (Å²) in [6, 6.07) is 0. The van der Waals surface area contributed by atoms with Crippen LogP contribution in [0.25, 0.3) is 0 Å². The maximum Gasteiger partial charge on any atom is 0.0545 e. The number of aliphatic hydroxyl groups excluding tert-OH is 1. The molecule has 1 aliphatic rings. The zero-order valence-electron chi connectivity index (χ0n) is 9.84. The van der Waals surface area contributed by atoms with E-state index in [4.69, 9.17) is 0 Å². The Morgan fingerprint density at radius 2 is 2.00 bits per heavy atom. The Bertz CT molecular complexity index is 140. The number of unbranched alkanes of at least 4 members (excludes halogenated alkanes) is 1. The van der Waals surface area contributed by atoms with E-state index in [2.05, 4.69) is 13.8 Å². The average molecular weight is 198 g/mol. The normalized spacial score (nSPS) is 20.8. The first-order valence-corrected chi connectivity index (χ1v) is 6.44. The fourth-order valence-electron chi connectivity index (χ4n) is 2.20. The van der Waals surface area contributed by atoms with Gasteiger partial charge < -0.3 is 5.11 Å². The van der Waals surface area contributed by atoms with E-state index >= 15 is 0 Å². The molecule has 0 radical (unpaired) electrons. The fourth-order valence-corrected chi connectivity index (χ4v) is 2.20. The Balaban J connectivity index is 2.09. The van der Waals surface area contributed by atoms with Crippen LogP contribution in [-0.2, 0) is 0 Å². The van der Waals surface area contributed by atoms with Gasteiger partial charge in [-0.3, -0.25) is 0 Å². The average Bonchev–Trinajstić information content (AvgIpc) is 2.95. The van der Waals surface area contributed by atoms with E-state index in [1.165, 1.54) is 38.5 Å². The van der Waals surface area contributed by atoms with Gasteiger partial charge in [-0.1, -0.05) is 52.4 Å². The molecule has 84 valence electrons. The van der Waals surface area contributed by atoms with Crippen molar-refractivity contribution in [3.63, 3.8) is 0 Å². The molecular weight excluding hydrogens is 172 g/mol. The Hall–Kier alpha value is -0.0400. The molecule has 2 atom stereocenters. The summed E-state index contributed by atoms with van der Waals surface area (Å²) in [5.74, 6) is 1.64. The Kier molecular flexibility index (Phi) is 5.54. The lowest BCUT2D eigenvalue weighted by Crippen LogP contribution is -2.14. The standard InChI is InChI=1S/C13H26O/c1-3-5-6-11(4-2)9-13(14)10-12-7-8-12/h11-14H,3-10H2,1-2H3. The van der Waals surface area contributed by atoms with E-state index in [0.717, 1.165) is 24.7 Å². The molecule has 1 aliphatic carbocycles. The summed E-state index contributed by atoms with van der Waals surface area (Å²) in [7, 11) is 0. The van der Waals surface area contributed by atoms with Crippen LogP contribution >= 0.6 is 0 Å². The summed E-state index contributed by atoms with van der Waals surface area (Å²) in [6.07, 6.45) is 10.0. The number of aliphatic hydroxyl groups is 1. The lowest BCUT2D eigenvalue weighted by Gasteiger charge is -2.18. The molecule has 1 saturated carbocycles. The van der Waals surface area contributed by atoms with E-state index < -0.39 is 0 Å². The predicted octanol–water partition coefficient (Wildman–Crippen LogP) is 3.75. The van der Waals surface area contributed by atoms with E-state index in [-0.39, 0.29) is 6.10 Å².